The zero-order valence-corrected chi connectivity index (χ0v) is 11.5. The summed E-state index contributed by atoms with van der Waals surface area (Å²) in [5.41, 5.74) is 2.46. The van der Waals surface area contributed by atoms with Crippen LogP contribution in [0.15, 0.2) is 65.8 Å². The fourth-order valence-corrected chi connectivity index (χ4v) is 2.40. The van der Waals surface area contributed by atoms with Gasteiger partial charge in [-0.2, -0.15) is 5.10 Å². The molecule has 1 heterocycles. The highest BCUT2D eigenvalue weighted by atomic mass is 15.5. The highest BCUT2D eigenvalue weighted by Crippen LogP contribution is 2.15. The summed E-state index contributed by atoms with van der Waals surface area (Å²) in [6.45, 7) is 3.99. The zero-order chi connectivity index (χ0) is 13.6. The van der Waals surface area contributed by atoms with Gasteiger partial charge < -0.3 is 4.90 Å². The summed E-state index contributed by atoms with van der Waals surface area (Å²) in [6, 6.07) is 20.8. The molecule has 20 heavy (non-hydrogen) atoms. The lowest BCUT2D eigenvalue weighted by atomic mass is 10.2. The largest absolute Gasteiger partial charge is 0.368 e. The Kier molecular flexibility index (Phi) is 3.97. The Balaban J connectivity index is 1.55. The first kappa shape index (κ1) is 12.7. The zero-order valence-electron chi connectivity index (χ0n) is 11.5. The van der Waals surface area contributed by atoms with E-state index in [0.29, 0.717) is 0 Å². The minimum absolute atomic E-state index is 0.970. The first-order valence-corrected chi connectivity index (χ1v) is 7.06. The minimum Gasteiger partial charge on any atom is -0.368 e. The predicted molar refractivity (Wildman–Crippen MR) is 84.3 cm³/mol. The van der Waals surface area contributed by atoms with Gasteiger partial charge in [-0.15, -0.1) is 0 Å². The molecule has 0 atom stereocenters. The highest BCUT2D eigenvalue weighted by molar-refractivity contribution is 5.79. The van der Waals surface area contributed by atoms with Crippen molar-refractivity contribution in [2.24, 2.45) is 5.10 Å². The number of hydrogen-bond acceptors (Lipinski definition) is 3. The van der Waals surface area contributed by atoms with Gasteiger partial charge in [0, 0.05) is 18.8 Å². The number of hydrogen-bond donors (Lipinski definition) is 0. The minimum atomic E-state index is 0.970. The maximum atomic E-state index is 4.56. The van der Waals surface area contributed by atoms with Gasteiger partial charge in [-0.25, -0.2) is 0 Å². The van der Waals surface area contributed by atoms with Crippen LogP contribution in [0.3, 0.4) is 0 Å². The quantitative estimate of drug-likeness (QED) is 0.795. The SMILES string of the molecule is C(=N/N1CCN(c2ccccc2)CC1)/c1ccccc1. The van der Waals surface area contributed by atoms with E-state index in [1.54, 1.807) is 0 Å². The Hall–Kier alpha value is -2.29. The van der Waals surface area contributed by atoms with Gasteiger partial charge in [-0.3, -0.25) is 5.01 Å². The molecule has 102 valence electrons. The van der Waals surface area contributed by atoms with E-state index in [1.165, 1.54) is 5.69 Å². The summed E-state index contributed by atoms with van der Waals surface area (Å²) in [5, 5.41) is 6.71. The van der Waals surface area contributed by atoms with E-state index in [9.17, 15) is 0 Å². The third kappa shape index (κ3) is 3.18. The van der Waals surface area contributed by atoms with E-state index in [-0.39, 0.29) is 0 Å². The number of nitrogens with zero attached hydrogens (tertiary/aromatic N) is 3. The van der Waals surface area contributed by atoms with Crippen molar-refractivity contribution >= 4 is 11.9 Å². The number of anilines is 1. The van der Waals surface area contributed by atoms with Gasteiger partial charge in [-0.1, -0.05) is 48.5 Å². The summed E-state index contributed by atoms with van der Waals surface area (Å²) in [7, 11) is 0. The van der Waals surface area contributed by atoms with Crippen LogP contribution in [0.1, 0.15) is 5.56 Å². The number of para-hydroxylation sites is 1. The standard InChI is InChI=1S/C17H19N3/c1-3-7-16(8-4-1)15-18-20-13-11-19(12-14-20)17-9-5-2-6-10-17/h1-10,15H,11-14H2/b18-15-. The predicted octanol–water partition coefficient (Wildman–Crippen LogP) is 2.84. The molecule has 0 amide bonds. The molecule has 2 aromatic rings. The van der Waals surface area contributed by atoms with Gasteiger partial charge in [0.1, 0.15) is 0 Å². The average Bonchev–Trinajstić information content (AvgIpc) is 2.55. The Bertz CT molecular complexity index is 543. The van der Waals surface area contributed by atoms with Crippen LogP contribution >= 0.6 is 0 Å². The van der Waals surface area contributed by atoms with Crippen molar-refractivity contribution in [3.05, 3.63) is 66.2 Å². The molecule has 0 spiro atoms. The number of benzene rings is 2. The summed E-state index contributed by atoms with van der Waals surface area (Å²) >= 11 is 0. The van der Waals surface area contributed by atoms with E-state index in [1.807, 2.05) is 24.4 Å². The van der Waals surface area contributed by atoms with Gasteiger partial charge in [0.25, 0.3) is 0 Å². The second-order valence-corrected chi connectivity index (χ2v) is 4.93. The fourth-order valence-electron chi connectivity index (χ4n) is 2.40. The van der Waals surface area contributed by atoms with Crippen LogP contribution < -0.4 is 4.90 Å². The van der Waals surface area contributed by atoms with E-state index < -0.39 is 0 Å². The lowest BCUT2D eigenvalue weighted by molar-refractivity contribution is 0.272. The van der Waals surface area contributed by atoms with Gasteiger partial charge in [0.2, 0.25) is 0 Å². The number of hydrazone groups is 1. The molecule has 1 aliphatic heterocycles. The van der Waals surface area contributed by atoms with Gasteiger partial charge in [-0.05, 0) is 17.7 Å². The molecule has 3 heteroatoms. The number of rotatable bonds is 3. The molecule has 3 rings (SSSR count). The van der Waals surface area contributed by atoms with Crippen LogP contribution in [0.5, 0.6) is 0 Å². The van der Waals surface area contributed by atoms with Crippen LogP contribution in [-0.2, 0) is 0 Å². The van der Waals surface area contributed by atoms with Crippen LogP contribution in [0.4, 0.5) is 5.69 Å². The van der Waals surface area contributed by atoms with Crippen molar-refractivity contribution in [2.75, 3.05) is 31.1 Å². The summed E-state index contributed by atoms with van der Waals surface area (Å²) in [6.07, 6.45) is 1.94. The Morgan fingerprint density at radius 3 is 2.00 bits per heavy atom. The van der Waals surface area contributed by atoms with Crippen molar-refractivity contribution in [3.63, 3.8) is 0 Å². The van der Waals surface area contributed by atoms with Crippen molar-refractivity contribution in [1.82, 2.24) is 5.01 Å². The molecule has 3 nitrogen and oxygen atoms in total. The Morgan fingerprint density at radius 1 is 0.750 bits per heavy atom. The molecule has 1 fully saturated rings. The first-order chi connectivity index (χ1) is 9.92. The summed E-state index contributed by atoms with van der Waals surface area (Å²) in [4.78, 5) is 2.41. The lowest BCUT2D eigenvalue weighted by Gasteiger charge is -2.34. The number of piperazine rings is 1. The second-order valence-electron chi connectivity index (χ2n) is 4.93. The second kappa shape index (κ2) is 6.24. The normalized spacial score (nSPS) is 15.8. The van der Waals surface area contributed by atoms with Crippen molar-refractivity contribution in [1.29, 1.82) is 0 Å². The topological polar surface area (TPSA) is 18.8 Å². The van der Waals surface area contributed by atoms with E-state index >= 15 is 0 Å². The fraction of sp³-hybridized carbons (Fsp3) is 0.235. The molecule has 0 aliphatic carbocycles. The van der Waals surface area contributed by atoms with E-state index in [2.05, 4.69) is 57.5 Å². The third-order valence-corrected chi connectivity index (χ3v) is 3.55. The summed E-state index contributed by atoms with van der Waals surface area (Å²) < 4.78 is 0. The molecule has 1 saturated heterocycles. The molecular formula is C17H19N3. The third-order valence-electron chi connectivity index (χ3n) is 3.55. The van der Waals surface area contributed by atoms with Crippen LogP contribution in [0.2, 0.25) is 0 Å². The van der Waals surface area contributed by atoms with Gasteiger partial charge in [0.15, 0.2) is 0 Å². The molecule has 0 unspecified atom stereocenters. The van der Waals surface area contributed by atoms with Crippen LogP contribution in [-0.4, -0.2) is 37.4 Å². The molecular weight excluding hydrogens is 246 g/mol. The van der Waals surface area contributed by atoms with Gasteiger partial charge >= 0.3 is 0 Å². The average molecular weight is 265 g/mol. The molecule has 0 aromatic heterocycles. The first-order valence-electron chi connectivity index (χ1n) is 7.06. The maximum Gasteiger partial charge on any atom is 0.0542 e. The maximum absolute atomic E-state index is 4.56. The molecule has 1 aliphatic rings. The monoisotopic (exact) mass is 265 g/mol. The smallest absolute Gasteiger partial charge is 0.0542 e. The molecule has 0 bridgehead atoms. The van der Waals surface area contributed by atoms with Crippen molar-refractivity contribution in [3.8, 4) is 0 Å². The summed E-state index contributed by atoms with van der Waals surface area (Å²) in [5.74, 6) is 0. The van der Waals surface area contributed by atoms with E-state index in [0.717, 1.165) is 31.7 Å². The lowest BCUT2D eigenvalue weighted by Crippen LogP contribution is -2.44. The molecule has 2 aromatic carbocycles. The van der Waals surface area contributed by atoms with Gasteiger partial charge in [0.05, 0.1) is 19.3 Å². The highest BCUT2D eigenvalue weighted by Gasteiger charge is 2.15. The molecule has 0 N–H and O–H groups in total. The van der Waals surface area contributed by atoms with Crippen LogP contribution in [0.25, 0.3) is 0 Å². The molecule has 0 saturated carbocycles. The Labute approximate surface area is 120 Å². The Morgan fingerprint density at radius 2 is 1.35 bits per heavy atom. The van der Waals surface area contributed by atoms with E-state index in [4.69, 9.17) is 0 Å². The van der Waals surface area contributed by atoms with Crippen LogP contribution in [0, 0.1) is 0 Å². The van der Waals surface area contributed by atoms with Crippen molar-refractivity contribution < 1.29 is 0 Å². The molecule has 0 radical (unpaired) electrons. The van der Waals surface area contributed by atoms with Crippen molar-refractivity contribution in [2.45, 2.75) is 0 Å².